The van der Waals surface area contributed by atoms with E-state index in [1.54, 1.807) is 0 Å². The molecule has 3 aromatic rings. The Morgan fingerprint density at radius 1 is 1.00 bits per heavy atom. The number of carbonyl (C=O) groups is 2. The lowest BCUT2D eigenvalue weighted by atomic mass is 10.1. The molecule has 9 nitrogen and oxygen atoms in total. The van der Waals surface area contributed by atoms with Crippen molar-refractivity contribution in [1.29, 1.82) is 5.41 Å². The molecular weight excluding hydrogens is 505 g/mol. The SMILES string of the molecule is COc1cc(F)c([C@H](OC)C(=O)NCc2ccc(C(=N)N)cc2OCC(=O)Nc2ccc(F)cc2)c(F)c1. The summed E-state index contributed by atoms with van der Waals surface area (Å²) < 4.78 is 57.6. The molecule has 1 atom stereocenters. The second kappa shape index (κ2) is 12.6. The van der Waals surface area contributed by atoms with E-state index < -0.39 is 47.5 Å². The molecule has 0 saturated carbocycles. The largest absolute Gasteiger partial charge is 0.497 e. The highest BCUT2D eigenvalue weighted by Crippen LogP contribution is 2.28. The van der Waals surface area contributed by atoms with Gasteiger partial charge < -0.3 is 30.6 Å². The van der Waals surface area contributed by atoms with Crippen LogP contribution in [0.15, 0.2) is 54.6 Å². The summed E-state index contributed by atoms with van der Waals surface area (Å²) in [4.78, 5) is 25.1. The monoisotopic (exact) mass is 530 g/mol. The van der Waals surface area contributed by atoms with Crippen molar-refractivity contribution >= 4 is 23.3 Å². The maximum atomic E-state index is 14.5. The van der Waals surface area contributed by atoms with Crippen LogP contribution in [0.2, 0.25) is 0 Å². The standard InChI is InChI=1S/C26H25F3N4O5/c1-36-18-10-19(28)23(20(29)11-18)24(37-2)26(35)32-12-15-4-3-14(25(30)31)9-21(15)38-13-22(34)33-17-7-5-16(27)6-8-17/h3-11,24H,12-13H2,1-2H3,(H3,30,31)(H,32,35)(H,33,34)/t24-/m0/s1. The van der Waals surface area contributed by atoms with Crippen LogP contribution >= 0.6 is 0 Å². The molecule has 3 rings (SSSR count). The van der Waals surface area contributed by atoms with Crippen molar-refractivity contribution in [3.63, 3.8) is 0 Å². The number of nitrogens with one attached hydrogen (secondary N) is 3. The Bertz CT molecular complexity index is 1310. The maximum absolute atomic E-state index is 14.5. The highest BCUT2D eigenvalue weighted by molar-refractivity contribution is 5.95. The van der Waals surface area contributed by atoms with E-state index in [4.69, 9.17) is 25.4 Å². The second-order valence-electron chi connectivity index (χ2n) is 7.92. The first-order valence-corrected chi connectivity index (χ1v) is 11.1. The third-order valence-electron chi connectivity index (χ3n) is 5.34. The number of nitrogen functional groups attached to an aromatic ring is 1. The lowest BCUT2D eigenvalue weighted by Crippen LogP contribution is -2.31. The first-order chi connectivity index (χ1) is 18.1. The van der Waals surface area contributed by atoms with Gasteiger partial charge in [-0.1, -0.05) is 12.1 Å². The molecule has 0 aliphatic heterocycles. The summed E-state index contributed by atoms with van der Waals surface area (Å²) in [6.07, 6.45) is -1.61. The highest BCUT2D eigenvalue weighted by Gasteiger charge is 2.28. The molecule has 0 spiro atoms. The molecule has 12 heteroatoms. The van der Waals surface area contributed by atoms with Crippen molar-refractivity contribution in [3.05, 3.63) is 88.7 Å². The van der Waals surface area contributed by atoms with Gasteiger partial charge in [0.05, 0.1) is 12.7 Å². The number of nitrogens with two attached hydrogens (primary N) is 1. The number of rotatable bonds is 11. The quantitative estimate of drug-likeness (QED) is 0.222. The van der Waals surface area contributed by atoms with Crippen molar-refractivity contribution in [2.24, 2.45) is 5.73 Å². The van der Waals surface area contributed by atoms with Crippen LogP contribution < -0.4 is 25.8 Å². The summed E-state index contributed by atoms with van der Waals surface area (Å²) in [6, 6.07) is 11.4. The molecule has 0 aliphatic carbocycles. The predicted octanol–water partition coefficient (Wildman–Crippen LogP) is 3.42. The van der Waals surface area contributed by atoms with Gasteiger partial charge >= 0.3 is 0 Å². The first-order valence-electron chi connectivity index (χ1n) is 11.1. The lowest BCUT2D eigenvalue weighted by molar-refractivity contribution is -0.132. The van der Waals surface area contributed by atoms with Gasteiger partial charge in [0.1, 0.15) is 34.8 Å². The van der Waals surface area contributed by atoms with Crippen LogP contribution in [-0.4, -0.2) is 38.5 Å². The minimum atomic E-state index is -1.61. The molecule has 0 unspecified atom stereocenters. The van der Waals surface area contributed by atoms with Crippen LogP contribution in [0.4, 0.5) is 18.9 Å². The van der Waals surface area contributed by atoms with Crippen molar-refractivity contribution in [2.75, 3.05) is 26.1 Å². The van der Waals surface area contributed by atoms with E-state index in [-0.39, 0.29) is 23.9 Å². The zero-order valence-corrected chi connectivity index (χ0v) is 20.4. The minimum absolute atomic E-state index is 0.0603. The number of hydrogen-bond acceptors (Lipinski definition) is 6. The fraction of sp³-hybridized carbons (Fsp3) is 0.192. The van der Waals surface area contributed by atoms with Gasteiger partial charge in [-0.25, -0.2) is 13.2 Å². The number of methoxy groups -OCH3 is 2. The normalized spacial score (nSPS) is 11.4. The molecule has 3 aromatic carbocycles. The van der Waals surface area contributed by atoms with Gasteiger partial charge in [0.25, 0.3) is 11.8 Å². The Labute approximate surface area is 216 Å². The number of benzene rings is 3. The molecular formula is C26H25F3N4O5. The smallest absolute Gasteiger partial charge is 0.262 e. The zero-order chi connectivity index (χ0) is 27.8. The Morgan fingerprint density at radius 2 is 1.66 bits per heavy atom. The molecule has 0 fully saturated rings. The van der Waals surface area contributed by atoms with Crippen molar-refractivity contribution in [3.8, 4) is 11.5 Å². The molecule has 2 amide bonds. The summed E-state index contributed by atoms with van der Waals surface area (Å²) >= 11 is 0. The molecule has 200 valence electrons. The molecule has 0 aliphatic rings. The third-order valence-corrected chi connectivity index (χ3v) is 5.34. The maximum Gasteiger partial charge on any atom is 0.262 e. The van der Waals surface area contributed by atoms with E-state index in [0.29, 0.717) is 16.8 Å². The third kappa shape index (κ3) is 7.01. The molecule has 5 N–H and O–H groups in total. The summed E-state index contributed by atoms with van der Waals surface area (Å²) in [6.45, 7) is -0.631. The Balaban J connectivity index is 1.74. The van der Waals surface area contributed by atoms with E-state index >= 15 is 0 Å². The number of halogens is 3. The number of amides is 2. The van der Waals surface area contributed by atoms with Crippen molar-refractivity contribution < 1.29 is 37.0 Å². The van der Waals surface area contributed by atoms with Gasteiger partial charge in [0, 0.05) is 42.6 Å². The number of ether oxygens (including phenoxy) is 3. The van der Waals surface area contributed by atoms with Gasteiger partial charge in [-0.05, 0) is 30.3 Å². The summed E-state index contributed by atoms with van der Waals surface area (Å²) in [5, 5.41) is 12.7. The van der Waals surface area contributed by atoms with E-state index in [2.05, 4.69) is 10.6 Å². The van der Waals surface area contributed by atoms with Gasteiger partial charge in [-0.3, -0.25) is 15.0 Å². The van der Waals surface area contributed by atoms with Crippen LogP contribution in [0.5, 0.6) is 11.5 Å². The zero-order valence-electron chi connectivity index (χ0n) is 20.4. The topological polar surface area (TPSA) is 136 Å². The minimum Gasteiger partial charge on any atom is -0.497 e. The van der Waals surface area contributed by atoms with E-state index in [1.807, 2.05) is 0 Å². The Kier molecular flexibility index (Phi) is 9.28. The van der Waals surface area contributed by atoms with Crippen LogP contribution in [0.25, 0.3) is 0 Å². The fourth-order valence-electron chi connectivity index (χ4n) is 3.44. The summed E-state index contributed by atoms with van der Waals surface area (Å²) in [7, 11) is 2.38. The van der Waals surface area contributed by atoms with Gasteiger partial charge in [0.15, 0.2) is 12.7 Å². The number of anilines is 1. The number of amidine groups is 1. The Morgan fingerprint density at radius 3 is 2.24 bits per heavy atom. The Hall–Kier alpha value is -4.58. The molecule has 0 radical (unpaired) electrons. The van der Waals surface area contributed by atoms with Crippen molar-refractivity contribution in [1.82, 2.24) is 5.32 Å². The number of carbonyl (C=O) groups excluding carboxylic acids is 2. The van der Waals surface area contributed by atoms with Crippen LogP contribution in [0.1, 0.15) is 22.8 Å². The average Bonchev–Trinajstić information content (AvgIpc) is 2.89. The van der Waals surface area contributed by atoms with Gasteiger partial charge in [-0.15, -0.1) is 0 Å². The molecule has 38 heavy (non-hydrogen) atoms. The van der Waals surface area contributed by atoms with Crippen LogP contribution in [0, 0.1) is 22.9 Å². The summed E-state index contributed by atoms with van der Waals surface area (Å²) in [5.41, 5.74) is 5.99. The highest BCUT2D eigenvalue weighted by atomic mass is 19.1. The molecule has 0 bridgehead atoms. The first kappa shape index (κ1) is 28.0. The van der Waals surface area contributed by atoms with E-state index in [1.165, 1.54) is 49.6 Å². The van der Waals surface area contributed by atoms with E-state index in [9.17, 15) is 22.8 Å². The lowest BCUT2D eigenvalue weighted by Gasteiger charge is -2.19. The predicted molar refractivity (Wildman–Crippen MR) is 132 cm³/mol. The second-order valence-corrected chi connectivity index (χ2v) is 7.92. The fourth-order valence-corrected chi connectivity index (χ4v) is 3.44. The van der Waals surface area contributed by atoms with Gasteiger partial charge in [0.2, 0.25) is 0 Å². The number of hydrogen-bond donors (Lipinski definition) is 4. The molecule has 0 saturated heterocycles. The van der Waals surface area contributed by atoms with Crippen LogP contribution in [0.3, 0.4) is 0 Å². The average molecular weight is 531 g/mol. The van der Waals surface area contributed by atoms with Crippen LogP contribution in [-0.2, 0) is 20.9 Å². The molecule has 0 heterocycles. The van der Waals surface area contributed by atoms with Crippen molar-refractivity contribution in [2.45, 2.75) is 12.6 Å². The van der Waals surface area contributed by atoms with E-state index in [0.717, 1.165) is 19.2 Å². The summed E-state index contributed by atoms with van der Waals surface area (Å²) in [5.74, 6) is -4.09. The van der Waals surface area contributed by atoms with Gasteiger partial charge in [-0.2, -0.15) is 0 Å². The molecule has 0 aromatic heterocycles.